The van der Waals surface area contributed by atoms with E-state index in [-0.39, 0.29) is 27.5 Å². The third-order valence-corrected chi connectivity index (χ3v) is 5.80. The lowest BCUT2D eigenvalue weighted by atomic mass is 10.2. The van der Waals surface area contributed by atoms with Gasteiger partial charge in [0.15, 0.2) is 0 Å². The van der Waals surface area contributed by atoms with Gasteiger partial charge in [-0.2, -0.15) is 9.97 Å². The van der Waals surface area contributed by atoms with Crippen molar-refractivity contribution >= 4 is 33.3 Å². The Labute approximate surface area is 152 Å². The van der Waals surface area contributed by atoms with Crippen LogP contribution in [0.25, 0.3) is 0 Å². The van der Waals surface area contributed by atoms with Crippen LogP contribution in [0.3, 0.4) is 0 Å². The maximum atomic E-state index is 12.6. The second kappa shape index (κ2) is 8.25. The molecule has 3 N–H and O–H groups in total. The molecule has 0 spiro atoms. The van der Waals surface area contributed by atoms with Crippen molar-refractivity contribution in [3.63, 3.8) is 0 Å². The van der Waals surface area contributed by atoms with Gasteiger partial charge in [-0.15, -0.1) is 11.3 Å². The maximum absolute atomic E-state index is 12.6. The fourth-order valence-corrected chi connectivity index (χ4v) is 4.20. The van der Waals surface area contributed by atoms with Gasteiger partial charge >= 0.3 is 6.03 Å². The Kier molecular flexibility index (Phi) is 6.28. The highest BCUT2D eigenvalue weighted by atomic mass is 32.2. The lowest BCUT2D eigenvalue weighted by Gasteiger charge is -2.11. The van der Waals surface area contributed by atoms with E-state index < -0.39 is 28.8 Å². The molecule has 2 amide bonds. The van der Waals surface area contributed by atoms with E-state index in [0.29, 0.717) is 0 Å². The minimum absolute atomic E-state index is 0.0848. The van der Waals surface area contributed by atoms with Crippen LogP contribution in [-0.4, -0.2) is 50.4 Å². The van der Waals surface area contributed by atoms with Crippen LogP contribution in [0.2, 0.25) is 0 Å². The summed E-state index contributed by atoms with van der Waals surface area (Å²) in [4.78, 5) is 19.6. The number of carbonyl (C=O) groups is 1. The lowest BCUT2D eigenvalue weighted by molar-refractivity contribution is 0.140. The van der Waals surface area contributed by atoms with Crippen molar-refractivity contribution < 1.29 is 32.2 Å². The van der Waals surface area contributed by atoms with Crippen LogP contribution in [0, 0.1) is 0 Å². The summed E-state index contributed by atoms with van der Waals surface area (Å²) >= 11 is 0.732. The number of sulfonamides is 1. The first-order chi connectivity index (χ1) is 12.3. The van der Waals surface area contributed by atoms with Gasteiger partial charge in [0.25, 0.3) is 10.0 Å². The van der Waals surface area contributed by atoms with Crippen LogP contribution in [0.4, 0.5) is 15.1 Å². The van der Waals surface area contributed by atoms with Gasteiger partial charge in [0.1, 0.15) is 17.0 Å². The Morgan fingerprint density at radius 2 is 1.96 bits per heavy atom. The van der Waals surface area contributed by atoms with E-state index in [1.54, 1.807) is 4.72 Å². The van der Waals surface area contributed by atoms with Gasteiger partial charge < -0.3 is 14.6 Å². The number of nitrogens with zero attached hydrogens (tertiary/aromatic N) is 2. The van der Waals surface area contributed by atoms with E-state index >= 15 is 0 Å². The largest absolute Gasteiger partial charge is 0.481 e. The molecule has 1 atom stereocenters. The van der Waals surface area contributed by atoms with Crippen LogP contribution < -0.4 is 19.5 Å². The molecule has 1 unspecified atom stereocenters. The molecule has 0 aliphatic heterocycles. The van der Waals surface area contributed by atoms with Crippen LogP contribution in [0.15, 0.2) is 21.7 Å². The first-order valence-electron chi connectivity index (χ1n) is 6.93. The number of aliphatic hydroxyl groups excluding tert-OH is 1. The minimum atomic E-state index is -4.34. The number of thiophene rings is 1. The van der Waals surface area contributed by atoms with E-state index in [4.69, 9.17) is 9.47 Å². The smallest absolute Gasteiger partial charge is 0.335 e. The van der Waals surface area contributed by atoms with Crippen molar-refractivity contribution in [1.29, 1.82) is 0 Å². The first kappa shape index (κ1) is 19.8. The zero-order chi connectivity index (χ0) is 19.3. The third kappa shape index (κ3) is 4.56. The van der Waals surface area contributed by atoms with Crippen molar-refractivity contribution in [2.24, 2.45) is 0 Å². The van der Waals surface area contributed by atoms with Crippen LogP contribution in [-0.2, 0) is 10.0 Å². The van der Waals surface area contributed by atoms with Gasteiger partial charge in [-0.1, -0.05) is 0 Å². The predicted octanol–water partition coefficient (Wildman–Crippen LogP) is 1.07. The second-order valence-electron chi connectivity index (χ2n) is 4.67. The maximum Gasteiger partial charge on any atom is 0.335 e. The van der Waals surface area contributed by atoms with E-state index in [2.05, 4.69) is 15.3 Å². The molecule has 13 heteroatoms. The molecular formula is C13H15FN4O6S2. The number of carbonyl (C=O) groups excluding carboxylic acids is 1. The third-order valence-electron chi connectivity index (χ3n) is 2.96. The van der Waals surface area contributed by atoms with Gasteiger partial charge in [-0.3, -0.25) is 5.32 Å². The molecule has 2 aromatic heterocycles. The number of ether oxygens (including phenoxy) is 2. The number of aromatic nitrogens is 2. The normalized spacial score (nSPS) is 12.3. The first-order valence-corrected chi connectivity index (χ1v) is 9.29. The summed E-state index contributed by atoms with van der Waals surface area (Å²) in [7, 11) is -1.67. The molecular weight excluding hydrogens is 391 g/mol. The van der Waals surface area contributed by atoms with E-state index in [0.717, 1.165) is 11.3 Å². The van der Waals surface area contributed by atoms with Crippen molar-refractivity contribution in [2.45, 2.75) is 10.3 Å². The van der Waals surface area contributed by atoms with Gasteiger partial charge in [-0.05, 0) is 11.4 Å². The van der Waals surface area contributed by atoms with E-state index in [1.165, 1.54) is 31.7 Å². The highest BCUT2D eigenvalue weighted by Crippen LogP contribution is 2.28. The molecule has 2 aromatic rings. The van der Waals surface area contributed by atoms with Crippen LogP contribution in [0.1, 0.15) is 11.7 Å². The summed E-state index contributed by atoms with van der Waals surface area (Å²) in [5.41, 5.74) is -0.142. The molecule has 0 bridgehead atoms. The molecule has 0 fully saturated rings. The average molecular weight is 406 g/mol. The van der Waals surface area contributed by atoms with Crippen molar-refractivity contribution in [3.05, 3.63) is 23.1 Å². The predicted molar refractivity (Wildman–Crippen MR) is 89.7 cm³/mol. The minimum Gasteiger partial charge on any atom is -0.481 e. The number of nitrogens with one attached hydrogen (secondary N) is 2. The fraction of sp³-hybridized carbons (Fsp3) is 0.308. The van der Waals surface area contributed by atoms with E-state index in [9.17, 15) is 22.7 Å². The lowest BCUT2D eigenvalue weighted by Crippen LogP contribution is -2.35. The summed E-state index contributed by atoms with van der Waals surface area (Å²) in [6, 6.07) is 1.46. The molecule has 0 saturated carbocycles. The molecule has 0 aromatic carbocycles. The molecule has 10 nitrogen and oxygen atoms in total. The zero-order valence-electron chi connectivity index (χ0n) is 13.6. The zero-order valence-corrected chi connectivity index (χ0v) is 15.2. The topological polar surface area (TPSA) is 140 Å². The highest BCUT2D eigenvalue weighted by Gasteiger charge is 2.26. The van der Waals surface area contributed by atoms with Crippen molar-refractivity contribution in [1.82, 2.24) is 14.7 Å². The molecule has 26 heavy (non-hydrogen) atoms. The Bertz CT molecular complexity index is 866. The average Bonchev–Trinajstić information content (AvgIpc) is 3.10. The number of anilines is 1. The number of halogens is 1. The SMILES string of the molecule is COc1cc(OC)nc(NC(=O)NS(=O)(=O)c2sccc2C(O)CF)n1. The number of hydrogen-bond acceptors (Lipinski definition) is 9. The van der Waals surface area contributed by atoms with Gasteiger partial charge in [0.2, 0.25) is 17.7 Å². The standard InChI is InChI=1S/C13H15FN4O6S2/c1-23-9-5-10(24-2)16-12(15-9)17-13(20)18-26(21,22)11-7(3-4-25-11)8(19)6-14/h3-5,8,19H,6H2,1-2H3,(H2,15,16,17,18,20). The number of urea groups is 1. The van der Waals surface area contributed by atoms with Gasteiger partial charge in [0.05, 0.1) is 20.3 Å². The number of rotatable bonds is 7. The number of amides is 2. The molecule has 2 rings (SSSR count). The summed E-state index contributed by atoms with van der Waals surface area (Å²) in [5, 5.41) is 13.0. The molecule has 0 radical (unpaired) electrons. The number of methoxy groups -OCH3 is 2. The van der Waals surface area contributed by atoms with Crippen molar-refractivity contribution in [2.75, 3.05) is 26.2 Å². The summed E-state index contributed by atoms with van der Waals surface area (Å²) in [5.74, 6) is -0.0904. The summed E-state index contributed by atoms with van der Waals surface area (Å²) in [6.45, 7) is -1.16. The number of hydrogen-bond donors (Lipinski definition) is 3. The quantitative estimate of drug-likeness (QED) is 0.620. The Balaban J connectivity index is 2.18. The Morgan fingerprint density at radius 1 is 1.35 bits per heavy atom. The van der Waals surface area contributed by atoms with Crippen LogP contribution in [0.5, 0.6) is 11.8 Å². The molecule has 0 aliphatic rings. The number of alkyl halides is 1. The van der Waals surface area contributed by atoms with Gasteiger partial charge in [0, 0.05) is 5.56 Å². The van der Waals surface area contributed by atoms with Crippen molar-refractivity contribution in [3.8, 4) is 11.8 Å². The fourth-order valence-electron chi connectivity index (χ4n) is 1.82. The van der Waals surface area contributed by atoms with Crippen LogP contribution >= 0.6 is 11.3 Å². The molecule has 0 aliphatic carbocycles. The Hall–Kier alpha value is -2.51. The molecule has 2 heterocycles. The molecule has 142 valence electrons. The second-order valence-corrected chi connectivity index (χ2v) is 7.46. The molecule has 0 saturated heterocycles. The highest BCUT2D eigenvalue weighted by molar-refractivity contribution is 7.92. The van der Waals surface area contributed by atoms with Gasteiger partial charge in [-0.25, -0.2) is 22.3 Å². The monoisotopic (exact) mass is 406 g/mol. The summed E-state index contributed by atoms with van der Waals surface area (Å²) < 4.78 is 48.4. The summed E-state index contributed by atoms with van der Waals surface area (Å²) in [6.07, 6.45) is -1.61. The Morgan fingerprint density at radius 3 is 2.50 bits per heavy atom. The van der Waals surface area contributed by atoms with E-state index in [1.807, 2.05) is 0 Å². The number of aliphatic hydroxyl groups is 1.